The summed E-state index contributed by atoms with van der Waals surface area (Å²) in [5.74, 6) is 0. The van der Waals surface area contributed by atoms with Crippen LogP contribution >= 0.6 is 11.3 Å². The van der Waals surface area contributed by atoms with Gasteiger partial charge in [0.05, 0.1) is 5.69 Å². The first-order valence-electron chi connectivity index (χ1n) is 9.13. The number of nitrogens with zero attached hydrogens (tertiary/aromatic N) is 5. The van der Waals surface area contributed by atoms with E-state index in [0.29, 0.717) is 12.6 Å². The third-order valence-electron chi connectivity index (χ3n) is 5.04. The summed E-state index contributed by atoms with van der Waals surface area (Å²) in [5, 5.41) is 18.5. The SMILES string of the molecule is Cc1ccc(-n2cnnn2)cc1NC(=O)N(Cc1ccsc1)C1CCCC1. The Kier molecular flexibility index (Phi) is 5.15. The standard InChI is InChI=1S/C19H22N6OS/c1-14-6-7-17(25-13-20-22-23-25)10-18(14)21-19(26)24(16-4-2-3-5-16)11-15-8-9-27-12-15/h6-10,12-13,16H,2-5,11H2,1H3,(H,21,26). The van der Waals surface area contributed by atoms with Gasteiger partial charge in [-0.3, -0.25) is 0 Å². The lowest BCUT2D eigenvalue weighted by Crippen LogP contribution is -2.41. The Morgan fingerprint density at radius 2 is 2.19 bits per heavy atom. The number of thiophene rings is 1. The average Bonchev–Trinajstić information content (AvgIpc) is 3.43. The Balaban J connectivity index is 1.56. The molecule has 2 heterocycles. The van der Waals surface area contributed by atoms with Gasteiger partial charge in [-0.2, -0.15) is 11.3 Å². The molecule has 0 radical (unpaired) electrons. The Morgan fingerprint density at radius 3 is 2.89 bits per heavy atom. The molecule has 0 saturated heterocycles. The van der Waals surface area contributed by atoms with Crippen molar-refractivity contribution in [2.24, 2.45) is 0 Å². The lowest BCUT2D eigenvalue weighted by atomic mass is 10.1. The monoisotopic (exact) mass is 382 g/mol. The number of hydrogen-bond donors (Lipinski definition) is 1. The molecule has 1 aliphatic carbocycles. The number of amides is 2. The fourth-order valence-electron chi connectivity index (χ4n) is 3.52. The summed E-state index contributed by atoms with van der Waals surface area (Å²) in [4.78, 5) is 15.1. The first kappa shape index (κ1) is 17.7. The Labute approximate surface area is 162 Å². The van der Waals surface area contributed by atoms with Gasteiger partial charge >= 0.3 is 6.03 Å². The zero-order valence-corrected chi connectivity index (χ0v) is 16.0. The zero-order valence-electron chi connectivity index (χ0n) is 15.2. The highest BCUT2D eigenvalue weighted by Crippen LogP contribution is 2.27. The number of carbonyl (C=O) groups excluding carboxylic acids is 1. The van der Waals surface area contributed by atoms with E-state index in [-0.39, 0.29) is 6.03 Å². The molecule has 1 saturated carbocycles. The van der Waals surface area contributed by atoms with Gasteiger partial charge in [-0.15, -0.1) is 5.10 Å². The molecule has 0 bridgehead atoms. The van der Waals surface area contributed by atoms with Gasteiger partial charge in [0.25, 0.3) is 0 Å². The summed E-state index contributed by atoms with van der Waals surface area (Å²) in [7, 11) is 0. The van der Waals surface area contributed by atoms with Crippen LogP contribution in [0.25, 0.3) is 5.69 Å². The Hall–Kier alpha value is -2.74. The van der Waals surface area contributed by atoms with Crippen molar-refractivity contribution in [3.8, 4) is 5.69 Å². The number of carbonyl (C=O) groups is 1. The smallest absolute Gasteiger partial charge is 0.317 e. The minimum absolute atomic E-state index is 0.0509. The highest BCUT2D eigenvalue weighted by atomic mass is 32.1. The molecule has 1 fully saturated rings. The van der Waals surface area contributed by atoms with Crippen LogP contribution in [-0.4, -0.2) is 37.2 Å². The normalized spacial score (nSPS) is 14.4. The highest BCUT2D eigenvalue weighted by molar-refractivity contribution is 7.07. The van der Waals surface area contributed by atoms with Crippen LogP contribution in [0.3, 0.4) is 0 Å². The molecular formula is C19H22N6OS. The maximum Gasteiger partial charge on any atom is 0.322 e. The molecule has 7 nitrogen and oxygen atoms in total. The van der Waals surface area contributed by atoms with Crippen LogP contribution in [0.5, 0.6) is 0 Å². The molecule has 27 heavy (non-hydrogen) atoms. The molecule has 1 aromatic carbocycles. The zero-order chi connectivity index (χ0) is 18.6. The number of anilines is 1. The molecule has 0 unspecified atom stereocenters. The maximum atomic E-state index is 13.1. The number of aromatic nitrogens is 4. The lowest BCUT2D eigenvalue weighted by Gasteiger charge is -2.29. The van der Waals surface area contributed by atoms with Crippen molar-refractivity contribution >= 4 is 23.1 Å². The Bertz CT molecular complexity index is 887. The van der Waals surface area contributed by atoms with Crippen molar-refractivity contribution in [3.63, 3.8) is 0 Å². The second-order valence-electron chi connectivity index (χ2n) is 6.88. The second-order valence-corrected chi connectivity index (χ2v) is 7.66. The lowest BCUT2D eigenvalue weighted by molar-refractivity contribution is 0.184. The number of tetrazole rings is 1. The summed E-state index contributed by atoms with van der Waals surface area (Å²) < 4.78 is 1.58. The van der Waals surface area contributed by atoms with Gasteiger partial charge in [0, 0.05) is 18.3 Å². The number of rotatable bonds is 5. The second kappa shape index (κ2) is 7.87. The quantitative estimate of drug-likeness (QED) is 0.723. The summed E-state index contributed by atoms with van der Waals surface area (Å²) in [6.45, 7) is 2.63. The molecule has 140 valence electrons. The van der Waals surface area contributed by atoms with Gasteiger partial charge in [-0.05, 0) is 70.3 Å². The largest absolute Gasteiger partial charge is 0.322 e. The van der Waals surface area contributed by atoms with Crippen LogP contribution in [0.4, 0.5) is 10.5 Å². The number of nitrogens with one attached hydrogen (secondary N) is 1. The van der Waals surface area contributed by atoms with E-state index in [4.69, 9.17) is 0 Å². The van der Waals surface area contributed by atoms with Gasteiger partial charge in [-0.25, -0.2) is 9.48 Å². The first-order chi connectivity index (χ1) is 13.2. The van der Waals surface area contributed by atoms with Crippen LogP contribution in [0.1, 0.15) is 36.8 Å². The van der Waals surface area contributed by atoms with Crippen LogP contribution in [0.2, 0.25) is 0 Å². The molecule has 3 aromatic rings. The minimum atomic E-state index is -0.0509. The van der Waals surface area contributed by atoms with E-state index in [2.05, 4.69) is 37.7 Å². The van der Waals surface area contributed by atoms with E-state index in [1.165, 1.54) is 24.7 Å². The van der Waals surface area contributed by atoms with Gasteiger partial charge in [0.1, 0.15) is 6.33 Å². The molecule has 2 amide bonds. The minimum Gasteiger partial charge on any atom is -0.317 e. The number of hydrogen-bond acceptors (Lipinski definition) is 5. The predicted molar refractivity (Wildman–Crippen MR) is 105 cm³/mol. The van der Waals surface area contributed by atoms with Crippen molar-refractivity contribution < 1.29 is 4.79 Å². The molecular weight excluding hydrogens is 360 g/mol. The third-order valence-corrected chi connectivity index (χ3v) is 5.77. The molecule has 4 rings (SSSR count). The van der Waals surface area contributed by atoms with E-state index in [1.807, 2.05) is 30.0 Å². The summed E-state index contributed by atoms with van der Waals surface area (Å²) in [6, 6.07) is 8.13. The van der Waals surface area contributed by atoms with Crippen molar-refractivity contribution in [2.75, 3.05) is 5.32 Å². The van der Waals surface area contributed by atoms with Crippen LogP contribution in [-0.2, 0) is 6.54 Å². The van der Waals surface area contributed by atoms with Crippen LogP contribution in [0, 0.1) is 6.92 Å². The topological polar surface area (TPSA) is 75.9 Å². The van der Waals surface area contributed by atoms with Crippen LogP contribution < -0.4 is 5.32 Å². The third kappa shape index (κ3) is 4.00. The summed E-state index contributed by atoms with van der Waals surface area (Å²) in [6.07, 6.45) is 6.05. The van der Waals surface area contributed by atoms with Gasteiger partial charge in [0.15, 0.2) is 0 Å². The molecule has 8 heteroatoms. The average molecular weight is 382 g/mol. The number of benzene rings is 1. The first-order valence-corrected chi connectivity index (χ1v) is 10.1. The molecule has 1 N–H and O–H groups in total. The van der Waals surface area contributed by atoms with E-state index in [9.17, 15) is 4.79 Å². The number of aryl methyl sites for hydroxylation is 1. The fraction of sp³-hybridized carbons (Fsp3) is 0.368. The highest BCUT2D eigenvalue weighted by Gasteiger charge is 2.27. The van der Waals surface area contributed by atoms with Gasteiger partial charge < -0.3 is 10.2 Å². The van der Waals surface area contributed by atoms with Gasteiger partial charge in [-0.1, -0.05) is 18.9 Å². The van der Waals surface area contributed by atoms with Gasteiger partial charge in [0.2, 0.25) is 0 Å². The number of urea groups is 1. The van der Waals surface area contributed by atoms with Crippen LogP contribution in [0.15, 0.2) is 41.4 Å². The summed E-state index contributed by atoms with van der Waals surface area (Å²) in [5.41, 5.74) is 3.77. The Morgan fingerprint density at radius 1 is 1.33 bits per heavy atom. The molecule has 0 atom stereocenters. The molecule has 2 aromatic heterocycles. The predicted octanol–water partition coefficient (Wildman–Crippen LogP) is 4.01. The van der Waals surface area contributed by atoms with E-state index < -0.39 is 0 Å². The fourth-order valence-corrected chi connectivity index (χ4v) is 4.18. The van der Waals surface area contributed by atoms with E-state index in [1.54, 1.807) is 16.0 Å². The molecule has 0 spiro atoms. The van der Waals surface area contributed by atoms with Crippen molar-refractivity contribution in [2.45, 2.75) is 45.2 Å². The van der Waals surface area contributed by atoms with Crippen molar-refractivity contribution in [1.82, 2.24) is 25.1 Å². The summed E-state index contributed by atoms with van der Waals surface area (Å²) >= 11 is 1.66. The van der Waals surface area contributed by atoms with Crippen molar-refractivity contribution in [1.29, 1.82) is 0 Å². The molecule has 1 aliphatic rings. The van der Waals surface area contributed by atoms with E-state index >= 15 is 0 Å². The molecule has 0 aliphatic heterocycles. The van der Waals surface area contributed by atoms with Crippen molar-refractivity contribution in [3.05, 3.63) is 52.5 Å². The maximum absolute atomic E-state index is 13.1. The van der Waals surface area contributed by atoms with E-state index in [0.717, 1.165) is 29.8 Å².